The normalized spacial score (nSPS) is 13.1. The van der Waals surface area contributed by atoms with Crippen LogP contribution in [0.3, 0.4) is 0 Å². The summed E-state index contributed by atoms with van der Waals surface area (Å²) < 4.78 is 63.9. The van der Waals surface area contributed by atoms with Crippen molar-refractivity contribution in [3.05, 3.63) is 29.8 Å². The van der Waals surface area contributed by atoms with Gasteiger partial charge in [-0.25, -0.2) is 8.78 Å². The summed E-state index contributed by atoms with van der Waals surface area (Å²) in [5, 5.41) is 0. The van der Waals surface area contributed by atoms with E-state index in [1.807, 2.05) is 0 Å². The quantitative estimate of drug-likeness (QED) is 0.861. The Morgan fingerprint density at radius 1 is 1.12 bits per heavy atom. The van der Waals surface area contributed by atoms with E-state index in [0.717, 1.165) is 12.1 Å². The molecule has 0 saturated carbocycles. The van der Waals surface area contributed by atoms with Gasteiger partial charge in [0.05, 0.1) is 6.04 Å². The number of para-hydroxylation sites is 1. The summed E-state index contributed by atoms with van der Waals surface area (Å²) >= 11 is 0. The Balaban J connectivity index is 0.00000256. The first-order valence-corrected chi connectivity index (χ1v) is 4.19. The molecule has 1 atom stereocenters. The number of alkyl halides is 5. The van der Waals surface area contributed by atoms with Crippen LogP contribution in [0, 0.1) is 0 Å². The second kappa shape index (κ2) is 6.02. The highest BCUT2D eigenvalue weighted by molar-refractivity contribution is 5.85. The third-order valence-electron chi connectivity index (χ3n) is 1.78. The minimum absolute atomic E-state index is 0. The van der Waals surface area contributed by atoms with Crippen molar-refractivity contribution >= 4 is 12.4 Å². The fourth-order valence-corrected chi connectivity index (χ4v) is 1.11. The fraction of sp³-hybridized carbons (Fsp3) is 0.333. The standard InChI is InChI=1S/C9H8F5NO.ClH/c10-8(11)7(15)5-3-1-2-4-6(5)16-9(12,13)14;/h1-4,7-8H,15H2;1H/t7-;/m1./s1. The van der Waals surface area contributed by atoms with Crippen molar-refractivity contribution in [2.45, 2.75) is 18.8 Å². The maximum Gasteiger partial charge on any atom is 0.573 e. The molecule has 0 bridgehead atoms. The van der Waals surface area contributed by atoms with E-state index in [-0.39, 0.29) is 18.0 Å². The Labute approximate surface area is 100.0 Å². The zero-order valence-electron chi connectivity index (χ0n) is 8.25. The molecule has 98 valence electrons. The van der Waals surface area contributed by atoms with E-state index in [0.29, 0.717) is 0 Å². The number of nitrogens with two attached hydrogens (primary N) is 1. The van der Waals surface area contributed by atoms with Gasteiger partial charge < -0.3 is 10.5 Å². The Bertz CT molecular complexity index is 357. The second-order valence-electron chi connectivity index (χ2n) is 2.95. The van der Waals surface area contributed by atoms with Crippen LogP contribution in [0.5, 0.6) is 5.75 Å². The predicted molar refractivity (Wildman–Crippen MR) is 53.3 cm³/mol. The van der Waals surface area contributed by atoms with Gasteiger partial charge in [-0.1, -0.05) is 18.2 Å². The highest BCUT2D eigenvalue weighted by Gasteiger charge is 2.33. The molecule has 0 fully saturated rings. The predicted octanol–water partition coefficient (Wildman–Crippen LogP) is 3.27. The molecule has 2 nitrogen and oxygen atoms in total. The number of hydrogen-bond donors (Lipinski definition) is 1. The fourth-order valence-electron chi connectivity index (χ4n) is 1.11. The lowest BCUT2D eigenvalue weighted by atomic mass is 10.1. The average molecular weight is 278 g/mol. The first kappa shape index (κ1) is 15.9. The molecule has 0 aliphatic carbocycles. The van der Waals surface area contributed by atoms with Gasteiger partial charge in [-0.2, -0.15) is 0 Å². The van der Waals surface area contributed by atoms with Crippen LogP contribution >= 0.6 is 12.4 Å². The van der Waals surface area contributed by atoms with E-state index >= 15 is 0 Å². The molecule has 0 amide bonds. The number of rotatable bonds is 3. The number of halogens is 6. The van der Waals surface area contributed by atoms with Crippen molar-refractivity contribution in [1.82, 2.24) is 0 Å². The van der Waals surface area contributed by atoms with Crippen LogP contribution in [0.1, 0.15) is 11.6 Å². The molecule has 8 heteroatoms. The molecule has 0 aromatic heterocycles. The zero-order valence-corrected chi connectivity index (χ0v) is 9.06. The van der Waals surface area contributed by atoms with Gasteiger partial charge in [-0.15, -0.1) is 25.6 Å². The van der Waals surface area contributed by atoms with E-state index in [4.69, 9.17) is 5.73 Å². The monoisotopic (exact) mass is 277 g/mol. The highest BCUT2D eigenvalue weighted by atomic mass is 35.5. The number of benzene rings is 1. The Hall–Kier alpha value is -1.08. The number of hydrogen-bond acceptors (Lipinski definition) is 2. The molecule has 0 saturated heterocycles. The Morgan fingerprint density at radius 3 is 2.12 bits per heavy atom. The summed E-state index contributed by atoms with van der Waals surface area (Å²) in [6.07, 6.45) is -7.89. The van der Waals surface area contributed by atoms with Gasteiger partial charge in [0.15, 0.2) is 0 Å². The highest BCUT2D eigenvalue weighted by Crippen LogP contribution is 2.31. The summed E-state index contributed by atoms with van der Waals surface area (Å²) in [7, 11) is 0. The van der Waals surface area contributed by atoms with Crippen molar-refractivity contribution in [2.24, 2.45) is 5.73 Å². The largest absolute Gasteiger partial charge is 0.573 e. The van der Waals surface area contributed by atoms with Gasteiger partial charge >= 0.3 is 6.36 Å². The van der Waals surface area contributed by atoms with Gasteiger partial charge in [-0.3, -0.25) is 0 Å². The molecular weight excluding hydrogens is 269 g/mol. The van der Waals surface area contributed by atoms with E-state index in [1.165, 1.54) is 12.1 Å². The van der Waals surface area contributed by atoms with E-state index in [2.05, 4.69) is 4.74 Å². The molecule has 2 N–H and O–H groups in total. The molecule has 17 heavy (non-hydrogen) atoms. The van der Waals surface area contributed by atoms with Crippen LogP contribution in [0.25, 0.3) is 0 Å². The summed E-state index contributed by atoms with van der Waals surface area (Å²) in [4.78, 5) is 0. The van der Waals surface area contributed by atoms with E-state index in [9.17, 15) is 22.0 Å². The minimum Gasteiger partial charge on any atom is -0.405 e. The van der Waals surface area contributed by atoms with Crippen LogP contribution in [0.4, 0.5) is 22.0 Å². The molecule has 1 rings (SSSR count). The lowest BCUT2D eigenvalue weighted by Gasteiger charge is -2.17. The van der Waals surface area contributed by atoms with E-state index < -0.39 is 24.6 Å². The Kier molecular flexibility index (Phi) is 5.63. The van der Waals surface area contributed by atoms with Crippen LogP contribution in [-0.2, 0) is 0 Å². The SMILES string of the molecule is Cl.N[C@H](c1ccccc1OC(F)(F)F)C(F)F. The van der Waals surface area contributed by atoms with Gasteiger partial charge in [0.1, 0.15) is 5.75 Å². The molecule has 1 aromatic rings. The Morgan fingerprint density at radius 2 is 1.65 bits per heavy atom. The van der Waals surface area contributed by atoms with Gasteiger partial charge in [0, 0.05) is 5.56 Å². The van der Waals surface area contributed by atoms with Crippen molar-refractivity contribution in [2.75, 3.05) is 0 Å². The maximum absolute atomic E-state index is 12.3. The third-order valence-corrected chi connectivity index (χ3v) is 1.78. The van der Waals surface area contributed by atoms with Gasteiger partial charge in [-0.05, 0) is 6.07 Å². The van der Waals surface area contributed by atoms with Crippen LogP contribution in [0.2, 0.25) is 0 Å². The first-order chi connectivity index (χ1) is 7.31. The first-order valence-electron chi connectivity index (χ1n) is 4.19. The maximum atomic E-state index is 12.3. The second-order valence-corrected chi connectivity index (χ2v) is 2.95. The third kappa shape index (κ3) is 4.74. The molecule has 0 radical (unpaired) electrons. The molecule has 0 aliphatic rings. The smallest absolute Gasteiger partial charge is 0.405 e. The van der Waals surface area contributed by atoms with Crippen molar-refractivity contribution in [3.63, 3.8) is 0 Å². The molecule has 0 spiro atoms. The number of ether oxygens (including phenoxy) is 1. The van der Waals surface area contributed by atoms with E-state index in [1.54, 1.807) is 0 Å². The minimum atomic E-state index is -4.93. The molecule has 0 aliphatic heterocycles. The van der Waals surface area contributed by atoms with Crippen molar-refractivity contribution in [3.8, 4) is 5.75 Å². The summed E-state index contributed by atoms with van der Waals surface area (Å²) in [6, 6.07) is 2.74. The summed E-state index contributed by atoms with van der Waals surface area (Å²) in [5.74, 6) is -0.706. The molecule has 0 unspecified atom stereocenters. The van der Waals surface area contributed by atoms with Crippen molar-refractivity contribution in [1.29, 1.82) is 0 Å². The van der Waals surface area contributed by atoms with Crippen LogP contribution in [0.15, 0.2) is 24.3 Å². The zero-order chi connectivity index (χ0) is 12.3. The van der Waals surface area contributed by atoms with Crippen LogP contribution in [-0.4, -0.2) is 12.8 Å². The summed E-state index contributed by atoms with van der Waals surface area (Å²) in [5.41, 5.74) is 4.68. The lowest BCUT2D eigenvalue weighted by molar-refractivity contribution is -0.275. The van der Waals surface area contributed by atoms with Crippen LogP contribution < -0.4 is 10.5 Å². The van der Waals surface area contributed by atoms with Crippen molar-refractivity contribution < 1.29 is 26.7 Å². The average Bonchev–Trinajstić information content (AvgIpc) is 2.15. The molecule has 0 heterocycles. The lowest BCUT2D eigenvalue weighted by Crippen LogP contribution is -2.23. The van der Waals surface area contributed by atoms with Gasteiger partial charge in [0.25, 0.3) is 6.43 Å². The molecular formula is C9H9ClF5NO. The molecule has 1 aromatic carbocycles. The topological polar surface area (TPSA) is 35.2 Å². The van der Waals surface area contributed by atoms with Gasteiger partial charge in [0.2, 0.25) is 0 Å². The summed E-state index contributed by atoms with van der Waals surface area (Å²) in [6.45, 7) is 0.